The molecule has 2 nitrogen and oxygen atoms in total. The van der Waals surface area contributed by atoms with Crippen molar-refractivity contribution < 1.29 is 9.47 Å². The Bertz CT molecular complexity index is 354. The number of halogens is 1. The lowest BCUT2D eigenvalue weighted by molar-refractivity contribution is 0.268. The van der Waals surface area contributed by atoms with Crippen molar-refractivity contribution >= 4 is 28.6 Å². The molecule has 2 rings (SSSR count). The molecule has 1 aromatic carbocycles. The first-order valence-corrected chi connectivity index (χ1v) is 5.71. The van der Waals surface area contributed by atoms with Crippen molar-refractivity contribution in [1.82, 2.24) is 0 Å². The second-order valence-electron chi connectivity index (χ2n) is 3.18. The molecule has 0 saturated heterocycles. The fourth-order valence-corrected chi connectivity index (χ4v) is 2.32. The highest BCUT2D eigenvalue weighted by molar-refractivity contribution is 9.10. The Balaban J connectivity index is 2.54. The summed E-state index contributed by atoms with van der Waals surface area (Å²) in [6, 6.07) is 3.94. The summed E-state index contributed by atoms with van der Waals surface area (Å²) in [5.74, 6) is 1.61. The topological polar surface area (TPSA) is 18.5 Å². The molecule has 76 valence electrons. The van der Waals surface area contributed by atoms with Gasteiger partial charge < -0.3 is 9.47 Å². The molecular weight excluding hydrogens is 264 g/mol. The molecule has 1 aliphatic heterocycles. The average molecular weight is 275 g/mol. The lowest BCUT2D eigenvalue weighted by atomic mass is 10.1. The molecule has 0 N–H and O–H groups in total. The molecule has 1 aliphatic rings. The molecule has 4 heteroatoms. The van der Waals surface area contributed by atoms with Gasteiger partial charge in [0.05, 0.1) is 13.7 Å². The maximum absolute atomic E-state index is 5.58. The van der Waals surface area contributed by atoms with Crippen LogP contribution in [0.15, 0.2) is 16.6 Å². The van der Waals surface area contributed by atoms with Crippen molar-refractivity contribution in [3.05, 3.63) is 22.2 Å². The van der Waals surface area contributed by atoms with E-state index in [9.17, 15) is 0 Å². The zero-order valence-electron chi connectivity index (χ0n) is 7.79. The largest absolute Gasteiger partial charge is 0.493 e. The predicted octanol–water partition coefficient (Wildman–Crippen LogP) is 3.21. The fourth-order valence-electron chi connectivity index (χ4n) is 1.57. The summed E-state index contributed by atoms with van der Waals surface area (Å²) in [5.41, 5.74) is 1.10. The monoisotopic (exact) mass is 274 g/mol. The smallest absolute Gasteiger partial charge is 0.165 e. The van der Waals surface area contributed by atoms with Gasteiger partial charge in [-0.05, 0) is 18.6 Å². The molecule has 1 unspecified atom stereocenters. The van der Waals surface area contributed by atoms with Crippen molar-refractivity contribution in [2.24, 2.45) is 0 Å². The number of hydrogen-bond donors (Lipinski definition) is 1. The van der Waals surface area contributed by atoms with Crippen molar-refractivity contribution in [3.63, 3.8) is 0 Å². The molecule has 1 heterocycles. The quantitative estimate of drug-likeness (QED) is 0.793. The van der Waals surface area contributed by atoms with Crippen LogP contribution in [0, 0.1) is 0 Å². The van der Waals surface area contributed by atoms with E-state index >= 15 is 0 Å². The van der Waals surface area contributed by atoms with Crippen LogP contribution in [0.1, 0.15) is 17.2 Å². The van der Waals surface area contributed by atoms with Crippen LogP contribution in [0.25, 0.3) is 0 Å². The maximum atomic E-state index is 5.58. The Morgan fingerprint density at radius 3 is 3.07 bits per heavy atom. The molecular formula is C10H11BrO2S. The third-order valence-electron chi connectivity index (χ3n) is 2.26. The molecule has 0 radical (unpaired) electrons. The summed E-state index contributed by atoms with van der Waals surface area (Å²) in [6.07, 6.45) is 0.940. The summed E-state index contributed by atoms with van der Waals surface area (Å²) >= 11 is 7.96. The first-order chi connectivity index (χ1) is 6.72. The Morgan fingerprint density at radius 1 is 1.57 bits per heavy atom. The van der Waals surface area contributed by atoms with Crippen molar-refractivity contribution in [3.8, 4) is 11.5 Å². The van der Waals surface area contributed by atoms with Gasteiger partial charge in [0.1, 0.15) is 0 Å². The molecule has 0 saturated carbocycles. The zero-order chi connectivity index (χ0) is 10.1. The van der Waals surface area contributed by atoms with Crippen LogP contribution in [-0.2, 0) is 0 Å². The minimum absolute atomic E-state index is 0.241. The van der Waals surface area contributed by atoms with Crippen LogP contribution in [-0.4, -0.2) is 13.7 Å². The van der Waals surface area contributed by atoms with Gasteiger partial charge in [-0.2, -0.15) is 12.6 Å². The van der Waals surface area contributed by atoms with E-state index in [1.807, 2.05) is 12.1 Å². The minimum atomic E-state index is 0.241. The van der Waals surface area contributed by atoms with E-state index in [1.54, 1.807) is 7.11 Å². The predicted molar refractivity (Wildman–Crippen MR) is 62.5 cm³/mol. The standard InChI is InChI=1S/C10H11BrO2S/c1-12-8-5-6(11)4-7-9(14)2-3-13-10(7)8/h4-5,9,14H,2-3H2,1H3. The SMILES string of the molecule is COc1cc(Br)cc2c1OCCC2S. The second kappa shape index (κ2) is 4.03. The number of methoxy groups -OCH3 is 1. The Morgan fingerprint density at radius 2 is 2.36 bits per heavy atom. The highest BCUT2D eigenvalue weighted by atomic mass is 79.9. The minimum Gasteiger partial charge on any atom is -0.493 e. The van der Waals surface area contributed by atoms with Crippen LogP contribution < -0.4 is 9.47 Å². The first-order valence-electron chi connectivity index (χ1n) is 4.40. The highest BCUT2D eigenvalue weighted by Crippen LogP contribution is 2.43. The number of ether oxygens (including phenoxy) is 2. The van der Waals surface area contributed by atoms with Crippen LogP contribution in [0.3, 0.4) is 0 Å². The average Bonchev–Trinajstić information content (AvgIpc) is 2.18. The molecule has 1 aromatic rings. The molecule has 0 aliphatic carbocycles. The third-order valence-corrected chi connectivity index (χ3v) is 3.26. The number of fused-ring (bicyclic) bond motifs is 1. The summed E-state index contributed by atoms with van der Waals surface area (Å²) < 4.78 is 11.8. The van der Waals surface area contributed by atoms with E-state index < -0.39 is 0 Å². The summed E-state index contributed by atoms with van der Waals surface area (Å²) in [5, 5.41) is 0.241. The first kappa shape index (κ1) is 10.2. The van der Waals surface area contributed by atoms with E-state index in [0.717, 1.165) is 28.0 Å². The summed E-state index contributed by atoms with van der Waals surface area (Å²) in [4.78, 5) is 0. The number of hydrogen-bond acceptors (Lipinski definition) is 3. The van der Waals surface area contributed by atoms with E-state index in [2.05, 4.69) is 28.6 Å². The summed E-state index contributed by atoms with van der Waals surface area (Å²) in [7, 11) is 1.65. The van der Waals surface area contributed by atoms with E-state index in [4.69, 9.17) is 9.47 Å². The molecule has 0 spiro atoms. The van der Waals surface area contributed by atoms with E-state index in [-0.39, 0.29) is 5.25 Å². The second-order valence-corrected chi connectivity index (χ2v) is 4.72. The molecule has 0 bridgehead atoms. The number of thiol groups is 1. The molecule has 0 amide bonds. The Kier molecular flexibility index (Phi) is 2.93. The van der Waals surface area contributed by atoms with Crippen LogP contribution >= 0.6 is 28.6 Å². The molecule has 14 heavy (non-hydrogen) atoms. The van der Waals surface area contributed by atoms with Gasteiger partial charge in [0, 0.05) is 15.3 Å². The van der Waals surface area contributed by atoms with Gasteiger partial charge in [-0.1, -0.05) is 15.9 Å². The normalized spacial score (nSPS) is 19.8. The van der Waals surface area contributed by atoms with Gasteiger partial charge in [0.15, 0.2) is 11.5 Å². The van der Waals surface area contributed by atoms with Crippen molar-refractivity contribution in [2.45, 2.75) is 11.7 Å². The lowest BCUT2D eigenvalue weighted by Crippen LogP contribution is -2.11. The molecule has 0 fully saturated rings. The van der Waals surface area contributed by atoms with Gasteiger partial charge >= 0.3 is 0 Å². The van der Waals surface area contributed by atoms with Gasteiger partial charge in [0.25, 0.3) is 0 Å². The lowest BCUT2D eigenvalue weighted by Gasteiger charge is -2.24. The summed E-state index contributed by atoms with van der Waals surface area (Å²) in [6.45, 7) is 0.707. The highest BCUT2D eigenvalue weighted by Gasteiger charge is 2.22. The Labute approximate surface area is 97.1 Å². The third kappa shape index (κ3) is 1.73. The van der Waals surface area contributed by atoms with Gasteiger partial charge in [-0.25, -0.2) is 0 Å². The van der Waals surface area contributed by atoms with Gasteiger partial charge in [-0.15, -0.1) is 0 Å². The van der Waals surface area contributed by atoms with Crippen LogP contribution in [0.4, 0.5) is 0 Å². The zero-order valence-corrected chi connectivity index (χ0v) is 10.3. The fraction of sp³-hybridized carbons (Fsp3) is 0.400. The van der Waals surface area contributed by atoms with Crippen molar-refractivity contribution in [2.75, 3.05) is 13.7 Å². The Hall–Kier alpha value is -0.350. The number of benzene rings is 1. The van der Waals surface area contributed by atoms with Gasteiger partial charge in [-0.3, -0.25) is 0 Å². The van der Waals surface area contributed by atoms with Crippen molar-refractivity contribution in [1.29, 1.82) is 0 Å². The van der Waals surface area contributed by atoms with Crippen LogP contribution in [0.2, 0.25) is 0 Å². The number of rotatable bonds is 1. The van der Waals surface area contributed by atoms with Gasteiger partial charge in [0.2, 0.25) is 0 Å². The maximum Gasteiger partial charge on any atom is 0.165 e. The van der Waals surface area contributed by atoms with E-state index in [0.29, 0.717) is 6.61 Å². The molecule has 0 aromatic heterocycles. The molecule has 1 atom stereocenters. The van der Waals surface area contributed by atoms with E-state index in [1.165, 1.54) is 0 Å². The van der Waals surface area contributed by atoms with Crippen LogP contribution in [0.5, 0.6) is 11.5 Å².